The molecule has 18 heavy (non-hydrogen) atoms. The Hall–Kier alpha value is -1.13. The van der Waals surface area contributed by atoms with Gasteiger partial charge < -0.3 is 9.88 Å². The Morgan fingerprint density at radius 2 is 2.28 bits per heavy atom. The minimum atomic E-state index is 0.501. The van der Waals surface area contributed by atoms with Gasteiger partial charge in [0.1, 0.15) is 0 Å². The maximum atomic E-state index is 4.26. The van der Waals surface area contributed by atoms with Crippen molar-refractivity contribution in [2.75, 3.05) is 0 Å². The third kappa shape index (κ3) is 3.21. The summed E-state index contributed by atoms with van der Waals surface area (Å²) in [5.74, 6) is 0. The Morgan fingerprint density at radius 1 is 1.44 bits per heavy atom. The minimum Gasteiger partial charge on any atom is -0.328 e. The molecule has 0 saturated heterocycles. The summed E-state index contributed by atoms with van der Waals surface area (Å²) in [5.41, 5.74) is 2.70. The van der Waals surface area contributed by atoms with Gasteiger partial charge in [-0.15, -0.1) is 11.3 Å². The van der Waals surface area contributed by atoms with Crippen LogP contribution in [0.25, 0.3) is 0 Å². The number of thiophene rings is 1. The van der Waals surface area contributed by atoms with E-state index in [1.165, 1.54) is 16.1 Å². The van der Waals surface area contributed by atoms with Gasteiger partial charge >= 0.3 is 0 Å². The predicted octanol–water partition coefficient (Wildman–Crippen LogP) is 3.05. The van der Waals surface area contributed by atoms with Crippen molar-refractivity contribution in [1.82, 2.24) is 14.9 Å². The lowest BCUT2D eigenvalue weighted by molar-refractivity contribution is 0.565. The Morgan fingerprint density at radius 3 is 3.00 bits per heavy atom. The van der Waals surface area contributed by atoms with Crippen molar-refractivity contribution in [1.29, 1.82) is 0 Å². The summed E-state index contributed by atoms with van der Waals surface area (Å²) in [6.45, 7) is 8.35. The average molecular weight is 263 g/mol. The van der Waals surface area contributed by atoms with Crippen molar-refractivity contribution in [3.8, 4) is 0 Å². The monoisotopic (exact) mass is 263 g/mol. The third-order valence-electron chi connectivity index (χ3n) is 3.02. The highest BCUT2D eigenvalue weighted by molar-refractivity contribution is 7.10. The van der Waals surface area contributed by atoms with Gasteiger partial charge in [-0.05, 0) is 23.4 Å². The van der Waals surface area contributed by atoms with Crippen molar-refractivity contribution in [2.24, 2.45) is 0 Å². The van der Waals surface area contributed by atoms with E-state index >= 15 is 0 Å². The first-order chi connectivity index (χ1) is 8.70. The van der Waals surface area contributed by atoms with Gasteiger partial charge in [-0.1, -0.05) is 20.8 Å². The molecule has 0 aliphatic heterocycles. The molecule has 0 amide bonds. The average Bonchev–Trinajstić information content (AvgIpc) is 2.96. The molecule has 0 spiro atoms. The molecule has 1 N–H and O–H groups in total. The van der Waals surface area contributed by atoms with Crippen LogP contribution in [0.5, 0.6) is 0 Å². The van der Waals surface area contributed by atoms with Crippen LogP contribution in [0.1, 0.15) is 36.9 Å². The molecular weight excluding hydrogens is 242 g/mol. The summed E-state index contributed by atoms with van der Waals surface area (Å²) < 4.78 is 2.24. The highest BCUT2D eigenvalue weighted by Crippen LogP contribution is 2.19. The van der Waals surface area contributed by atoms with Crippen LogP contribution in [0.15, 0.2) is 24.0 Å². The number of hydrogen-bond acceptors (Lipinski definition) is 3. The maximum absolute atomic E-state index is 4.26. The smallest absolute Gasteiger partial charge is 0.0952 e. The van der Waals surface area contributed by atoms with Crippen LogP contribution < -0.4 is 5.32 Å². The molecule has 4 heteroatoms. The first kappa shape index (κ1) is 13.3. The van der Waals surface area contributed by atoms with Gasteiger partial charge in [-0.2, -0.15) is 0 Å². The molecule has 3 nitrogen and oxygen atoms in total. The van der Waals surface area contributed by atoms with E-state index in [9.17, 15) is 0 Å². The van der Waals surface area contributed by atoms with Crippen molar-refractivity contribution >= 4 is 11.3 Å². The van der Waals surface area contributed by atoms with Crippen molar-refractivity contribution in [3.05, 3.63) is 40.1 Å². The Labute approximate surface area is 113 Å². The van der Waals surface area contributed by atoms with E-state index in [0.29, 0.717) is 6.04 Å². The zero-order valence-electron chi connectivity index (χ0n) is 11.3. The van der Waals surface area contributed by atoms with Crippen LogP contribution in [0.2, 0.25) is 0 Å². The van der Waals surface area contributed by atoms with E-state index in [4.69, 9.17) is 0 Å². The molecule has 2 aromatic heterocycles. The largest absolute Gasteiger partial charge is 0.328 e. The van der Waals surface area contributed by atoms with Crippen molar-refractivity contribution in [2.45, 2.75) is 46.3 Å². The minimum absolute atomic E-state index is 0.501. The van der Waals surface area contributed by atoms with Gasteiger partial charge in [-0.25, -0.2) is 4.98 Å². The third-order valence-corrected chi connectivity index (χ3v) is 3.97. The molecule has 2 aromatic rings. The lowest BCUT2D eigenvalue weighted by Crippen LogP contribution is -2.23. The molecule has 0 aromatic carbocycles. The fourth-order valence-electron chi connectivity index (χ4n) is 1.92. The normalized spacial score (nSPS) is 11.3. The first-order valence-electron chi connectivity index (χ1n) is 6.48. The molecule has 2 rings (SSSR count). The second-order valence-electron chi connectivity index (χ2n) is 4.77. The lowest BCUT2D eigenvalue weighted by atomic mass is 10.2. The molecule has 0 unspecified atom stereocenters. The van der Waals surface area contributed by atoms with Gasteiger partial charge in [-0.3, -0.25) is 0 Å². The molecular formula is C14H21N3S. The van der Waals surface area contributed by atoms with Gasteiger partial charge in [0.2, 0.25) is 0 Å². The molecule has 0 bridgehead atoms. The SMILES string of the molecule is CCc1ccsc1Cn1cncc1CNC(C)C. The topological polar surface area (TPSA) is 29.9 Å². The summed E-state index contributed by atoms with van der Waals surface area (Å²) in [7, 11) is 0. The molecule has 0 atom stereocenters. The molecule has 0 aliphatic rings. The van der Waals surface area contributed by atoms with Crippen LogP contribution in [0, 0.1) is 0 Å². The van der Waals surface area contributed by atoms with E-state index in [2.05, 4.69) is 47.1 Å². The standard InChI is InChI=1S/C14H21N3S/c1-4-12-5-6-18-14(12)9-17-10-15-7-13(17)8-16-11(2)3/h5-7,10-11,16H,4,8-9H2,1-3H3. The second kappa shape index (κ2) is 6.16. The lowest BCUT2D eigenvalue weighted by Gasteiger charge is -2.11. The fourth-order valence-corrected chi connectivity index (χ4v) is 2.90. The number of rotatable bonds is 6. The first-order valence-corrected chi connectivity index (χ1v) is 7.36. The van der Waals surface area contributed by atoms with E-state index in [1.807, 2.05) is 23.9 Å². The van der Waals surface area contributed by atoms with Gasteiger partial charge in [0.15, 0.2) is 0 Å². The van der Waals surface area contributed by atoms with Gasteiger partial charge in [0, 0.05) is 23.7 Å². The maximum Gasteiger partial charge on any atom is 0.0952 e. The van der Waals surface area contributed by atoms with Crippen molar-refractivity contribution < 1.29 is 0 Å². The summed E-state index contributed by atoms with van der Waals surface area (Å²) in [6.07, 6.45) is 4.98. The Balaban J connectivity index is 2.07. The quantitative estimate of drug-likeness (QED) is 0.868. The highest BCUT2D eigenvalue weighted by Gasteiger charge is 2.07. The summed E-state index contributed by atoms with van der Waals surface area (Å²) in [5, 5.41) is 5.62. The van der Waals surface area contributed by atoms with E-state index in [1.54, 1.807) is 0 Å². The van der Waals surface area contributed by atoms with Crippen molar-refractivity contribution in [3.63, 3.8) is 0 Å². The van der Waals surface area contributed by atoms with Gasteiger partial charge in [0.05, 0.1) is 18.6 Å². The number of aryl methyl sites for hydroxylation is 1. The summed E-state index contributed by atoms with van der Waals surface area (Å²) in [6, 6.07) is 2.73. The fraction of sp³-hybridized carbons (Fsp3) is 0.500. The molecule has 0 aliphatic carbocycles. The Kier molecular flexibility index (Phi) is 4.55. The van der Waals surface area contributed by atoms with E-state index in [0.717, 1.165) is 19.5 Å². The molecule has 98 valence electrons. The number of aromatic nitrogens is 2. The van der Waals surface area contributed by atoms with E-state index in [-0.39, 0.29) is 0 Å². The zero-order chi connectivity index (χ0) is 13.0. The van der Waals surface area contributed by atoms with Crippen LogP contribution >= 0.6 is 11.3 Å². The van der Waals surface area contributed by atoms with Crippen LogP contribution in [-0.2, 0) is 19.5 Å². The number of nitrogens with one attached hydrogen (secondary N) is 1. The molecule has 2 heterocycles. The zero-order valence-corrected chi connectivity index (χ0v) is 12.1. The van der Waals surface area contributed by atoms with Crippen LogP contribution in [0.3, 0.4) is 0 Å². The number of nitrogens with zero attached hydrogens (tertiary/aromatic N) is 2. The van der Waals surface area contributed by atoms with E-state index < -0.39 is 0 Å². The predicted molar refractivity (Wildman–Crippen MR) is 77.0 cm³/mol. The van der Waals surface area contributed by atoms with Crippen LogP contribution in [0.4, 0.5) is 0 Å². The summed E-state index contributed by atoms with van der Waals surface area (Å²) in [4.78, 5) is 5.71. The molecule has 0 radical (unpaired) electrons. The summed E-state index contributed by atoms with van der Waals surface area (Å²) >= 11 is 1.84. The van der Waals surface area contributed by atoms with Gasteiger partial charge in [0.25, 0.3) is 0 Å². The Bertz CT molecular complexity index is 485. The highest BCUT2D eigenvalue weighted by atomic mass is 32.1. The number of hydrogen-bond donors (Lipinski definition) is 1. The second-order valence-corrected chi connectivity index (χ2v) is 5.77. The molecule has 0 saturated carbocycles. The van der Waals surface area contributed by atoms with Crippen LogP contribution in [-0.4, -0.2) is 15.6 Å². The number of imidazole rings is 1. The molecule has 0 fully saturated rings.